The van der Waals surface area contributed by atoms with Crippen molar-refractivity contribution in [1.82, 2.24) is 5.32 Å². The fraction of sp³-hybridized carbons (Fsp3) is 0.647. The third kappa shape index (κ3) is 2.87. The van der Waals surface area contributed by atoms with E-state index in [1.807, 2.05) is 13.1 Å². The lowest BCUT2D eigenvalue weighted by molar-refractivity contribution is -0.0620. The van der Waals surface area contributed by atoms with Crippen LogP contribution in [0.2, 0.25) is 0 Å². The van der Waals surface area contributed by atoms with Gasteiger partial charge in [-0.15, -0.1) is 0 Å². The number of benzene rings is 1. The van der Waals surface area contributed by atoms with Crippen LogP contribution in [0.1, 0.15) is 49.3 Å². The third-order valence-corrected chi connectivity index (χ3v) is 4.95. The van der Waals surface area contributed by atoms with Crippen molar-refractivity contribution in [2.75, 3.05) is 13.6 Å². The molecule has 116 valence electrons. The van der Waals surface area contributed by atoms with E-state index >= 15 is 0 Å². The Balaban J connectivity index is 1.89. The molecule has 2 atom stereocenters. The SMILES string of the molecule is CNCC1OC(C2CCCCC2)Cc2c1ccc(O)c2O. The predicted molar refractivity (Wildman–Crippen MR) is 81.6 cm³/mol. The van der Waals surface area contributed by atoms with E-state index < -0.39 is 0 Å². The molecule has 4 nitrogen and oxygen atoms in total. The van der Waals surface area contributed by atoms with Gasteiger partial charge in [0.15, 0.2) is 11.5 Å². The highest BCUT2D eigenvalue weighted by molar-refractivity contribution is 5.51. The zero-order valence-electron chi connectivity index (χ0n) is 12.6. The predicted octanol–water partition coefficient (Wildman–Crippen LogP) is 2.88. The Kier molecular flexibility index (Phi) is 4.36. The lowest BCUT2D eigenvalue weighted by Crippen LogP contribution is -2.36. The number of likely N-dealkylation sites (N-methyl/N-ethyl adjacent to an activating group) is 1. The van der Waals surface area contributed by atoms with E-state index in [1.54, 1.807) is 6.07 Å². The fourth-order valence-electron chi connectivity index (χ4n) is 3.82. The number of hydrogen-bond donors (Lipinski definition) is 3. The van der Waals surface area contributed by atoms with Crippen molar-refractivity contribution in [1.29, 1.82) is 0 Å². The molecule has 2 unspecified atom stereocenters. The fourth-order valence-corrected chi connectivity index (χ4v) is 3.82. The van der Waals surface area contributed by atoms with E-state index in [2.05, 4.69) is 5.32 Å². The van der Waals surface area contributed by atoms with Crippen LogP contribution >= 0.6 is 0 Å². The highest BCUT2D eigenvalue weighted by atomic mass is 16.5. The Morgan fingerprint density at radius 2 is 1.95 bits per heavy atom. The van der Waals surface area contributed by atoms with Gasteiger partial charge < -0.3 is 20.3 Å². The molecule has 2 aliphatic rings. The van der Waals surface area contributed by atoms with Crippen molar-refractivity contribution in [3.8, 4) is 11.5 Å². The van der Waals surface area contributed by atoms with Crippen LogP contribution in [0.15, 0.2) is 12.1 Å². The maximum atomic E-state index is 10.2. The standard InChI is InChI=1S/C17H25NO3/c1-18-10-16-12-7-8-14(19)17(20)13(12)9-15(21-16)11-5-3-2-4-6-11/h7-8,11,15-16,18-20H,2-6,9-10H2,1H3. The second kappa shape index (κ2) is 6.24. The summed E-state index contributed by atoms with van der Waals surface area (Å²) in [5.41, 5.74) is 1.88. The molecule has 0 amide bonds. The molecule has 1 heterocycles. The topological polar surface area (TPSA) is 61.7 Å². The quantitative estimate of drug-likeness (QED) is 0.749. The van der Waals surface area contributed by atoms with Crippen LogP contribution in [0, 0.1) is 5.92 Å². The summed E-state index contributed by atoms with van der Waals surface area (Å²) in [4.78, 5) is 0. The highest BCUT2D eigenvalue weighted by Gasteiger charge is 2.34. The summed E-state index contributed by atoms with van der Waals surface area (Å²) in [6, 6.07) is 3.44. The van der Waals surface area contributed by atoms with E-state index in [1.165, 1.54) is 32.1 Å². The van der Waals surface area contributed by atoms with Gasteiger partial charge in [0.05, 0.1) is 12.2 Å². The summed E-state index contributed by atoms with van der Waals surface area (Å²) in [6.07, 6.45) is 7.13. The number of phenolic OH excluding ortho intramolecular Hbond substituents is 2. The minimum atomic E-state index is -0.0443. The van der Waals surface area contributed by atoms with Gasteiger partial charge >= 0.3 is 0 Å². The van der Waals surface area contributed by atoms with Gasteiger partial charge in [-0.25, -0.2) is 0 Å². The molecular weight excluding hydrogens is 266 g/mol. The molecule has 0 aromatic heterocycles. The van der Waals surface area contributed by atoms with E-state index in [9.17, 15) is 10.2 Å². The Morgan fingerprint density at radius 3 is 2.67 bits per heavy atom. The van der Waals surface area contributed by atoms with E-state index in [-0.39, 0.29) is 23.7 Å². The Labute approximate surface area is 126 Å². The Bertz CT molecular complexity index is 497. The van der Waals surface area contributed by atoms with Crippen LogP contribution < -0.4 is 5.32 Å². The maximum absolute atomic E-state index is 10.2. The molecule has 0 saturated heterocycles. The van der Waals surface area contributed by atoms with E-state index in [0.717, 1.165) is 17.7 Å². The van der Waals surface area contributed by atoms with Gasteiger partial charge in [0.25, 0.3) is 0 Å². The van der Waals surface area contributed by atoms with E-state index in [4.69, 9.17) is 4.74 Å². The van der Waals surface area contributed by atoms with Gasteiger partial charge in [0.1, 0.15) is 0 Å². The summed E-state index contributed by atoms with van der Waals surface area (Å²) in [6.45, 7) is 0.723. The zero-order valence-corrected chi connectivity index (χ0v) is 12.6. The number of ether oxygens (including phenoxy) is 1. The first-order valence-electron chi connectivity index (χ1n) is 8.04. The van der Waals surface area contributed by atoms with Crippen LogP contribution in [-0.4, -0.2) is 29.9 Å². The Hall–Kier alpha value is -1.26. The number of aromatic hydroxyl groups is 2. The van der Waals surface area contributed by atoms with Crippen molar-refractivity contribution in [3.63, 3.8) is 0 Å². The smallest absolute Gasteiger partial charge is 0.161 e. The number of fused-ring (bicyclic) bond motifs is 1. The van der Waals surface area contributed by atoms with Crippen molar-refractivity contribution in [2.45, 2.75) is 50.7 Å². The lowest BCUT2D eigenvalue weighted by Gasteiger charge is -2.38. The van der Waals surface area contributed by atoms with Gasteiger partial charge in [0.2, 0.25) is 0 Å². The first-order valence-corrected chi connectivity index (χ1v) is 8.04. The number of rotatable bonds is 3. The van der Waals surface area contributed by atoms with Crippen LogP contribution in [0.5, 0.6) is 11.5 Å². The van der Waals surface area contributed by atoms with E-state index in [0.29, 0.717) is 12.3 Å². The van der Waals surface area contributed by atoms with Crippen molar-refractivity contribution < 1.29 is 14.9 Å². The van der Waals surface area contributed by atoms with Crippen LogP contribution in [0.25, 0.3) is 0 Å². The van der Waals surface area contributed by atoms with Gasteiger partial charge in [0, 0.05) is 18.5 Å². The van der Waals surface area contributed by atoms with Crippen LogP contribution in [0.3, 0.4) is 0 Å². The van der Waals surface area contributed by atoms with Gasteiger partial charge in [-0.05, 0) is 37.4 Å². The molecule has 21 heavy (non-hydrogen) atoms. The molecule has 1 saturated carbocycles. The second-order valence-corrected chi connectivity index (χ2v) is 6.32. The average Bonchev–Trinajstić information content (AvgIpc) is 2.52. The van der Waals surface area contributed by atoms with Crippen LogP contribution in [0.4, 0.5) is 0 Å². The molecule has 1 aromatic rings. The lowest BCUT2D eigenvalue weighted by atomic mass is 9.80. The molecular formula is C17H25NO3. The zero-order chi connectivity index (χ0) is 14.8. The molecule has 0 bridgehead atoms. The molecule has 3 N–H and O–H groups in total. The van der Waals surface area contributed by atoms with Gasteiger partial charge in [-0.2, -0.15) is 0 Å². The molecule has 0 radical (unpaired) electrons. The van der Waals surface area contributed by atoms with Crippen LogP contribution in [-0.2, 0) is 11.2 Å². The minimum Gasteiger partial charge on any atom is -0.504 e. The molecule has 3 rings (SSSR count). The number of nitrogens with one attached hydrogen (secondary N) is 1. The average molecular weight is 291 g/mol. The van der Waals surface area contributed by atoms with Gasteiger partial charge in [-0.3, -0.25) is 0 Å². The summed E-state index contributed by atoms with van der Waals surface area (Å²) in [5, 5.41) is 23.2. The number of phenols is 2. The summed E-state index contributed by atoms with van der Waals surface area (Å²) in [7, 11) is 1.91. The number of hydrogen-bond acceptors (Lipinski definition) is 4. The largest absolute Gasteiger partial charge is 0.504 e. The first-order chi connectivity index (χ1) is 10.2. The molecule has 1 aromatic carbocycles. The van der Waals surface area contributed by atoms with Crippen molar-refractivity contribution in [3.05, 3.63) is 23.3 Å². The third-order valence-electron chi connectivity index (χ3n) is 4.95. The summed E-state index contributed by atoms with van der Waals surface area (Å²) in [5.74, 6) is 0.590. The Morgan fingerprint density at radius 1 is 1.19 bits per heavy atom. The normalized spacial score (nSPS) is 26.5. The summed E-state index contributed by atoms with van der Waals surface area (Å²) < 4.78 is 6.33. The molecule has 4 heteroatoms. The second-order valence-electron chi connectivity index (χ2n) is 6.32. The van der Waals surface area contributed by atoms with Crippen molar-refractivity contribution in [2.24, 2.45) is 5.92 Å². The maximum Gasteiger partial charge on any atom is 0.161 e. The monoisotopic (exact) mass is 291 g/mol. The van der Waals surface area contributed by atoms with Crippen molar-refractivity contribution >= 4 is 0 Å². The minimum absolute atomic E-state index is 0.0266. The highest BCUT2D eigenvalue weighted by Crippen LogP contribution is 2.43. The molecule has 1 fully saturated rings. The molecule has 1 aliphatic carbocycles. The van der Waals surface area contributed by atoms with Gasteiger partial charge in [-0.1, -0.05) is 25.3 Å². The molecule has 1 aliphatic heterocycles. The summed E-state index contributed by atoms with van der Waals surface area (Å²) >= 11 is 0. The first kappa shape index (κ1) is 14.7. The molecule has 0 spiro atoms.